The number of azide groups is 1. The fraction of sp³-hybridized carbons (Fsp3) is 0. The first kappa shape index (κ1) is 5.03. The van der Waals surface area contributed by atoms with Gasteiger partial charge in [0.2, 0.25) is 0 Å². The Balaban J connectivity index is 3.29. The summed E-state index contributed by atoms with van der Waals surface area (Å²) in [5, 5.41) is 16.7. The van der Waals surface area contributed by atoms with Gasteiger partial charge in [-0.2, -0.15) is 15.3 Å². The zero-order chi connectivity index (χ0) is 4.99. The van der Waals surface area contributed by atoms with Crippen LogP contribution < -0.4 is 0 Å². The second-order valence-electron chi connectivity index (χ2n) is 0.447. The van der Waals surface area contributed by atoms with E-state index < -0.39 is 5.34 Å². The summed E-state index contributed by atoms with van der Waals surface area (Å²) in [4.78, 5) is 1.99. The van der Waals surface area contributed by atoms with Crippen molar-refractivity contribution < 1.29 is 10.4 Å². The lowest BCUT2D eigenvalue weighted by atomic mass is 12.5. The minimum atomic E-state index is -0.611. The van der Waals surface area contributed by atoms with Gasteiger partial charge in [-0.05, 0) is 0 Å². The Morgan fingerprint density at radius 2 is 2.17 bits per heavy atom. The molecule has 0 heterocycles. The topological polar surface area (TPSA) is 92.5 Å². The van der Waals surface area contributed by atoms with Gasteiger partial charge in [-0.15, -0.1) is 5.53 Å². The Labute approximate surface area is 32.7 Å². The van der Waals surface area contributed by atoms with Crippen LogP contribution in [0.25, 0.3) is 10.4 Å². The summed E-state index contributed by atoms with van der Waals surface area (Å²) < 4.78 is 0. The molecule has 0 atom stereocenters. The molecule has 0 aliphatic heterocycles. The third-order valence-electron chi connectivity index (χ3n) is 0.120. The molecule has 0 aromatic carbocycles. The lowest BCUT2D eigenvalue weighted by Crippen LogP contribution is -2.00. The molecule has 2 N–H and O–H groups in total. The second kappa shape index (κ2) is 2.28. The molecule has 34 valence electrons. The molecule has 6 heteroatoms. The average Bonchev–Trinajstić information content (AvgIpc) is 1.35. The maximum atomic E-state index is 7.52. The van der Waals surface area contributed by atoms with Crippen LogP contribution in [-0.4, -0.2) is 15.8 Å². The van der Waals surface area contributed by atoms with Gasteiger partial charge in [0, 0.05) is 5.22 Å². The molecule has 6 nitrogen and oxygen atoms in total. The van der Waals surface area contributed by atoms with Crippen LogP contribution in [-0.2, 0) is 0 Å². The van der Waals surface area contributed by atoms with Crippen molar-refractivity contribution in [2.45, 2.75) is 0 Å². The zero-order valence-corrected chi connectivity index (χ0v) is 2.68. The van der Waals surface area contributed by atoms with Gasteiger partial charge in [0.05, 0.1) is 5.34 Å². The van der Waals surface area contributed by atoms with Crippen molar-refractivity contribution in [2.24, 2.45) is 5.22 Å². The van der Waals surface area contributed by atoms with E-state index in [0.717, 1.165) is 0 Å². The quantitative estimate of drug-likeness (QED) is 0.210. The highest BCUT2D eigenvalue weighted by Crippen LogP contribution is 1.68. The molecule has 6 heavy (non-hydrogen) atoms. The Bertz CT molecular complexity index is 69.6. The largest absolute Gasteiger partial charge is 0.175 e. The Kier molecular flexibility index (Phi) is 1.91. The molecule has 0 saturated carbocycles. The monoisotopic (exact) mass is 90.0 g/mol. The number of nitrogens with zero attached hydrogens (tertiary/aromatic N) is 4. The molecule has 0 aromatic rings. The lowest BCUT2D eigenvalue weighted by molar-refractivity contribution is -0.309. The minimum Gasteiger partial charge on any atom is -0.175 e. The highest BCUT2D eigenvalue weighted by Gasteiger charge is 1.78. The summed E-state index contributed by atoms with van der Waals surface area (Å²) in [6.45, 7) is 0. The van der Waals surface area contributed by atoms with E-state index in [1.54, 1.807) is 0 Å². The highest BCUT2D eigenvalue weighted by molar-refractivity contribution is 4.28. The van der Waals surface area contributed by atoms with Crippen molar-refractivity contribution in [3.8, 4) is 0 Å². The van der Waals surface area contributed by atoms with Crippen molar-refractivity contribution in [3.05, 3.63) is 10.4 Å². The van der Waals surface area contributed by atoms with Crippen LogP contribution >= 0.6 is 0 Å². The van der Waals surface area contributed by atoms with E-state index in [1.165, 1.54) is 0 Å². The van der Waals surface area contributed by atoms with E-state index >= 15 is 0 Å². The number of rotatable bonds is 1. The molecule has 0 rings (SSSR count). The molecule has 0 aliphatic carbocycles. The maximum absolute atomic E-state index is 7.52. The van der Waals surface area contributed by atoms with Crippen LogP contribution in [0.2, 0.25) is 0 Å². The first-order valence-electron chi connectivity index (χ1n) is 1.000. The van der Waals surface area contributed by atoms with E-state index in [9.17, 15) is 0 Å². The molecule has 0 bridgehead atoms. The zero-order valence-electron chi connectivity index (χ0n) is 2.68. The van der Waals surface area contributed by atoms with E-state index in [2.05, 4.69) is 5.22 Å². The standard InChI is InChI=1S/H2N4O2/c1-2-3-4(5)6/h5-6H. The van der Waals surface area contributed by atoms with Crippen molar-refractivity contribution in [1.29, 1.82) is 0 Å². The summed E-state index contributed by atoms with van der Waals surface area (Å²) in [5.41, 5.74) is 7.33. The molecule has 0 aromatic heterocycles. The first-order valence-corrected chi connectivity index (χ1v) is 1.000. The Morgan fingerprint density at radius 3 is 2.17 bits per heavy atom. The van der Waals surface area contributed by atoms with Gasteiger partial charge in [-0.25, -0.2) is 0 Å². The summed E-state index contributed by atoms with van der Waals surface area (Å²) in [6.07, 6.45) is 0. The fourth-order valence-electron chi connectivity index (χ4n) is 0.0358. The predicted molar refractivity (Wildman–Crippen MR) is 14.6 cm³/mol. The van der Waals surface area contributed by atoms with Gasteiger partial charge < -0.3 is 0 Å². The van der Waals surface area contributed by atoms with Crippen molar-refractivity contribution >= 4 is 0 Å². The van der Waals surface area contributed by atoms with Crippen LogP contribution in [0.1, 0.15) is 0 Å². The Hall–Kier alpha value is -0.970. The van der Waals surface area contributed by atoms with Gasteiger partial charge >= 0.3 is 0 Å². The van der Waals surface area contributed by atoms with Gasteiger partial charge in [0.15, 0.2) is 0 Å². The number of hydrogen-bond acceptors (Lipinski definition) is 3. The molecule has 0 radical (unpaired) electrons. The molecule has 0 fully saturated rings. The van der Waals surface area contributed by atoms with E-state index in [1.807, 2.05) is 4.91 Å². The third kappa shape index (κ3) is 3.03. The average molecular weight is 90.0 g/mol. The highest BCUT2D eigenvalue weighted by atomic mass is 16.8. The SMILES string of the molecule is [N-]=[N+]=NN(O)O. The molecule has 0 unspecified atom stereocenters. The Morgan fingerprint density at radius 1 is 1.67 bits per heavy atom. The predicted octanol–water partition coefficient (Wildman–Crippen LogP) is 0.292. The summed E-state index contributed by atoms with van der Waals surface area (Å²) in [6, 6.07) is 0. The van der Waals surface area contributed by atoms with Crippen molar-refractivity contribution in [1.82, 2.24) is 5.34 Å². The van der Waals surface area contributed by atoms with E-state index in [0.29, 0.717) is 0 Å². The molecule has 0 spiro atoms. The van der Waals surface area contributed by atoms with E-state index in [4.69, 9.17) is 15.9 Å². The fourth-order valence-corrected chi connectivity index (χ4v) is 0.0358. The summed E-state index contributed by atoms with van der Waals surface area (Å²) in [7, 11) is 0. The van der Waals surface area contributed by atoms with Crippen molar-refractivity contribution in [2.75, 3.05) is 0 Å². The van der Waals surface area contributed by atoms with Crippen LogP contribution in [0.3, 0.4) is 0 Å². The molecular formula is H2N4O2. The normalized spacial score (nSPS) is 6.33. The van der Waals surface area contributed by atoms with Gasteiger partial charge in [-0.1, -0.05) is 0 Å². The van der Waals surface area contributed by atoms with E-state index in [-0.39, 0.29) is 0 Å². The molecule has 0 amide bonds. The van der Waals surface area contributed by atoms with Crippen LogP contribution in [0.5, 0.6) is 0 Å². The molecular weight excluding hydrogens is 88.0 g/mol. The summed E-state index contributed by atoms with van der Waals surface area (Å²) in [5.74, 6) is 0. The van der Waals surface area contributed by atoms with Gasteiger partial charge in [-0.3, -0.25) is 0 Å². The number of hydrogen-bond donors (Lipinski definition) is 2. The van der Waals surface area contributed by atoms with Crippen molar-refractivity contribution in [3.63, 3.8) is 0 Å². The maximum Gasteiger partial charge on any atom is 0.0541 e. The third-order valence-corrected chi connectivity index (χ3v) is 0.120. The minimum absolute atomic E-state index is 0.611. The molecule has 0 saturated heterocycles. The van der Waals surface area contributed by atoms with Crippen LogP contribution in [0.4, 0.5) is 0 Å². The molecule has 0 aliphatic rings. The lowest BCUT2D eigenvalue weighted by Gasteiger charge is -1.82. The first-order chi connectivity index (χ1) is 2.77. The smallest absolute Gasteiger partial charge is 0.0541 e. The van der Waals surface area contributed by atoms with Crippen LogP contribution in [0.15, 0.2) is 5.22 Å². The van der Waals surface area contributed by atoms with Gasteiger partial charge in [0.25, 0.3) is 0 Å². The second-order valence-corrected chi connectivity index (χ2v) is 0.447. The summed E-state index contributed by atoms with van der Waals surface area (Å²) >= 11 is 0. The van der Waals surface area contributed by atoms with Crippen LogP contribution in [0, 0.1) is 0 Å². The van der Waals surface area contributed by atoms with Gasteiger partial charge in [0.1, 0.15) is 0 Å².